The molecule has 4 heteroatoms. The topological polar surface area (TPSA) is 38.3 Å². The van der Waals surface area contributed by atoms with Gasteiger partial charge in [0.2, 0.25) is 0 Å². The third kappa shape index (κ3) is 3.88. The highest BCUT2D eigenvalue weighted by atomic mass is 32.2. The first-order valence-corrected chi connectivity index (χ1v) is 8.83. The van der Waals surface area contributed by atoms with Gasteiger partial charge < -0.3 is 10.1 Å². The SMILES string of the molecule is COc1cc(C)c(NC(=O)c2ccccc2SC)cc1C(C)C. The minimum Gasteiger partial charge on any atom is -0.496 e. The predicted molar refractivity (Wildman–Crippen MR) is 98.0 cm³/mol. The van der Waals surface area contributed by atoms with E-state index in [1.807, 2.05) is 49.6 Å². The van der Waals surface area contributed by atoms with E-state index in [2.05, 4.69) is 19.2 Å². The normalized spacial score (nSPS) is 10.7. The van der Waals surface area contributed by atoms with Crippen LogP contribution in [0.15, 0.2) is 41.3 Å². The summed E-state index contributed by atoms with van der Waals surface area (Å²) in [6.07, 6.45) is 1.97. The van der Waals surface area contributed by atoms with Gasteiger partial charge in [-0.05, 0) is 54.5 Å². The van der Waals surface area contributed by atoms with Crippen LogP contribution in [0.5, 0.6) is 5.75 Å². The molecule has 0 bridgehead atoms. The van der Waals surface area contributed by atoms with Gasteiger partial charge in [0.25, 0.3) is 5.91 Å². The van der Waals surface area contributed by atoms with E-state index in [1.165, 1.54) is 0 Å². The summed E-state index contributed by atoms with van der Waals surface area (Å²) in [6, 6.07) is 11.6. The lowest BCUT2D eigenvalue weighted by atomic mass is 9.99. The zero-order valence-electron chi connectivity index (χ0n) is 14.3. The lowest BCUT2D eigenvalue weighted by Gasteiger charge is -2.17. The molecule has 0 saturated carbocycles. The lowest BCUT2D eigenvalue weighted by molar-refractivity contribution is 0.102. The van der Waals surface area contributed by atoms with Crippen molar-refractivity contribution in [2.24, 2.45) is 0 Å². The number of benzene rings is 2. The van der Waals surface area contributed by atoms with Crippen molar-refractivity contribution in [3.8, 4) is 5.75 Å². The Balaban J connectivity index is 2.36. The monoisotopic (exact) mass is 329 g/mol. The van der Waals surface area contributed by atoms with Crippen molar-refractivity contribution in [2.75, 3.05) is 18.7 Å². The Bertz CT molecular complexity index is 711. The molecule has 0 atom stereocenters. The van der Waals surface area contributed by atoms with Crippen LogP contribution in [0.2, 0.25) is 0 Å². The lowest BCUT2D eigenvalue weighted by Crippen LogP contribution is -2.14. The van der Waals surface area contributed by atoms with Crippen LogP contribution in [0.25, 0.3) is 0 Å². The second-order valence-corrected chi connectivity index (χ2v) is 6.57. The fourth-order valence-corrected chi connectivity index (χ4v) is 3.08. The summed E-state index contributed by atoms with van der Waals surface area (Å²) in [5.41, 5.74) is 3.60. The molecule has 23 heavy (non-hydrogen) atoms. The third-order valence-electron chi connectivity index (χ3n) is 3.80. The van der Waals surface area contributed by atoms with E-state index in [9.17, 15) is 4.79 Å². The zero-order valence-corrected chi connectivity index (χ0v) is 15.1. The number of carbonyl (C=O) groups is 1. The number of aryl methyl sites for hydroxylation is 1. The molecule has 0 aliphatic heterocycles. The number of carbonyl (C=O) groups excluding carboxylic acids is 1. The molecular weight excluding hydrogens is 306 g/mol. The highest BCUT2D eigenvalue weighted by Gasteiger charge is 2.15. The summed E-state index contributed by atoms with van der Waals surface area (Å²) in [5, 5.41) is 3.04. The number of amides is 1. The van der Waals surface area contributed by atoms with Crippen molar-refractivity contribution in [1.29, 1.82) is 0 Å². The predicted octanol–water partition coefficient (Wildman–Crippen LogP) is 5.10. The molecule has 0 saturated heterocycles. The standard InChI is InChI=1S/C19H23NO2S/c1-12(2)15-11-16(13(3)10-17(15)22-4)20-19(21)14-8-6-7-9-18(14)23-5/h6-12H,1-5H3,(H,20,21). The number of nitrogens with one attached hydrogen (secondary N) is 1. The first-order valence-electron chi connectivity index (χ1n) is 7.60. The molecule has 0 aromatic heterocycles. The average molecular weight is 329 g/mol. The maximum Gasteiger partial charge on any atom is 0.256 e. The Hall–Kier alpha value is -1.94. The Morgan fingerprint density at radius 3 is 2.52 bits per heavy atom. The molecule has 0 aliphatic carbocycles. The molecule has 0 aliphatic rings. The summed E-state index contributed by atoms with van der Waals surface area (Å²) in [7, 11) is 1.67. The summed E-state index contributed by atoms with van der Waals surface area (Å²) in [4.78, 5) is 13.6. The van der Waals surface area contributed by atoms with E-state index in [4.69, 9.17) is 4.74 Å². The van der Waals surface area contributed by atoms with Crippen LogP contribution in [-0.4, -0.2) is 19.3 Å². The second-order valence-electron chi connectivity index (χ2n) is 5.72. The van der Waals surface area contributed by atoms with Crippen LogP contribution in [-0.2, 0) is 0 Å². The fourth-order valence-electron chi connectivity index (χ4n) is 2.48. The van der Waals surface area contributed by atoms with Crippen LogP contribution in [0.3, 0.4) is 0 Å². The number of hydrogen-bond acceptors (Lipinski definition) is 3. The second kappa shape index (κ2) is 7.55. The number of rotatable bonds is 5. The van der Waals surface area contributed by atoms with Gasteiger partial charge in [-0.15, -0.1) is 11.8 Å². The summed E-state index contributed by atoms with van der Waals surface area (Å²) in [6.45, 7) is 6.20. The average Bonchev–Trinajstić information content (AvgIpc) is 2.55. The highest BCUT2D eigenvalue weighted by molar-refractivity contribution is 7.98. The molecule has 122 valence electrons. The Morgan fingerprint density at radius 1 is 1.22 bits per heavy atom. The smallest absolute Gasteiger partial charge is 0.256 e. The number of ether oxygens (including phenoxy) is 1. The van der Waals surface area contributed by atoms with Gasteiger partial charge in [0.15, 0.2) is 0 Å². The van der Waals surface area contributed by atoms with Gasteiger partial charge in [-0.25, -0.2) is 0 Å². The quantitative estimate of drug-likeness (QED) is 0.775. The van der Waals surface area contributed by atoms with Crippen molar-refractivity contribution in [1.82, 2.24) is 0 Å². The minimum atomic E-state index is -0.0853. The zero-order chi connectivity index (χ0) is 17.0. The molecule has 2 aromatic carbocycles. The van der Waals surface area contributed by atoms with Crippen molar-refractivity contribution in [3.05, 3.63) is 53.1 Å². The van der Waals surface area contributed by atoms with E-state index in [-0.39, 0.29) is 5.91 Å². The van der Waals surface area contributed by atoms with Gasteiger partial charge >= 0.3 is 0 Å². The first kappa shape index (κ1) is 17.4. The van der Waals surface area contributed by atoms with E-state index in [0.717, 1.165) is 27.5 Å². The van der Waals surface area contributed by atoms with E-state index >= 15 is 0 Å². The molecule has 1 amide bonds. The molecule has 0 spiro atoms. The van der Waals surface area contributed by atoms with Crippen molar-refractivity contribution in [3.63, 3.8) is 0 Å². The van der Waals surface area contributed by atoms with Gasteiger partial charge in [-0.1, -0.05) is 26.0 Å². The van der Waals surface area contributed by atoms with Crippen molar-refractivity contribution < 1.29 is 9.53 Å². The van der Waals surface area contributed by atoms with E-state index < -0.39 is 0 Å². The van der Waals surface area contributed by atoms with Crippen LogP contribution >= 0.6 is 11.8 Å². The molecule has 1 N–H and O–H groups in total. The minimum absolute atomic E-state index is 0.0853. The molecule has 0 radical (unpaired) electrons. The molecule has 0 fully saturated rings. The van der Waals surface area contributed by atoms with Gasteiger partial charge in [-0.2, -0.15) is 0 Å². The van der Waals surface area contributed by atoms with Crippen LogP contribution in [0.4, 0.5) is 5.69 Å². The summed E-state index contributed by atoms with van der Waals surface area (Å²) < 4.78 is 5.45. The van der Waals surface area contributed by atoms with Crippen LogP contribution < -0.4 is 10.1 Å². The first-order chi connectivity index (χ1) is 11.0. The molecule has 2 rings (SSSR count). The van der Waals surface area contributed by atoms with Gasteiger partial charge in [0.05, 0.1) is 12.7 Å². The Labute approximate surface area is 142 Å². The fraction of sp³-hybridized carbons (Fsp3) is 0.316. The van der Waals surface area contributed by atoms with Crippen LogP contribution in [0, 0.1) is 6.92 Å². The number of thioether (sulfide) groups is 1. The van der Waals surface area contributed by atoms with Gasteiger partial charge in [0.1, 0.15) is 5.75 Å². The molecule has 0 heterocycles. The summed E-state index contributed by atoms with van der Waals surface area (Å²) in [5.74, 6) is 1.10. The molecule has 0 unspecified atom stereocenters. The number of anilines is 1. The maximum absolute atomic E-state index is 12.6. The molecule has 3 nitrogen and oxygen atoms in total. The van der Waals surface area contributed by atoms with Crippen LogP contribution in [0.1, 0.15) is 41.3 Å². The van der Waals surface area contributed by atoms with Gasteiger partial charge in [0, 0.05) is 10.6 Å². The molecular formula is C19H23NO2S. The highest BCUT2D eigenvalue weighted by Crippen LogP contribution is 2.32. The Kier molecular flexibility index (Phi) is 5.72. The number of hydrogen-bond donors (Lipinski definition) is 1. The largest absolute Gasteiger partial charge is 0.496 e. The van der Waals surface area contributed by atoms with Crippen molar-refractivity contribution >= 4 is 23.4 Å². The van der Waals surface area contributed by atoms with E-state index in [1.54, 1.807) is 18.9 Å². The Morgan fingerprint density at radius 2 is 1.91 bits per heavy atom. The van der Waals surface area contributed by atoms with Gasteiger partial charge in [-0.3, -0.25) is 4.79 Å². The third-order valence-corrected chi connectivity index (χ3v) is 4.59. The summed E-state index contributed by atoms with van der Waals surface area (Å²) >= 11 is 1.57. The van der Waals surface area contributed by atoms with Crippen molar-refractivity contribution in [2.45, 2.75) is 31.6 Å². The number of methoxy groups -OCH3 is 1. The maximum atomic E-state index is 12.6. The van der Waals surface area contributed by atoms with E-state index in [0.29, 0.717) is 11.5 Å². The molecule has 2 aromatic rings.